The van der Waals surface area contributed by atoms with E-state index in [1.54, 1.807) is 0 Å². The van der Waals surface area contributed by atoms with Crippen molar-refractivity contribution >= 4 is 0 Å². The van der Waals surface area contributed by atoms with Gasteiger partial charge < -0.3 is 15.6 Å². The number of benzene rings is 1. The molecule has 0 bridgehead atoms. The van der Waals surface area contributed by atoms with E-state index < -0.39 is 17.7 Å². The van der Waals surface area contributed by atoms with E-state index in [4.69, 9.17) is 15.6 Å². The highest BCUT2D eigenvalue weighted by Gasteiger charge is 2.15. The minimum absolute atomic E-state index is 0.0110. The average Bonchev–Trinajstić information content (AvgIpc) is 2.28. The van der Waals surface area contributed by atoms with Crippen LogP contribution < -0.4 is 5.73 Å². The summed E-state index contributed by atoms with van der Waals surface area (Å²) in [5.41, 5.74) is 5.54. The minimum atomic E-state index is -0.678. The summed E-state index contributed by atoms with van der Waals surface area (Å²) >= 11 is 0. The van der Waals surface area contributed by atoms with E-state index >= 15 is 0 Å². The molecule has 0 saturated carbocycles. The van der Waals surface area contributed by atoms with Crippen molar-refractivity contribution in [2.45, 2.75) is 12.5 Å². The van der Waals surface area contributed by atoms with E-state index in [0.717, 1.165) is 18.2 Å². The molecule has 0 radical (unpaired) electrons. The van der Waals surface area contributed by atoms with Gasteiger partial charge in [-0.25, -0.2) is 8.78 Å². The number of halogens is 2. The first kappa shape index (κ1) is 13.0. The molecule has 5 heteroatoms. The molecule has 0 heterocycles. The van der Waals surface area contributed by atoms with Crippen LogP contribution in [0.25, 0.3) is 0 Å². The van der Waals surface area contributed by atoms with E-state index in [9.17, 15) is 8.78 Å². The van der Waals surface area contributed by atoms with E-state index in [0.29, 0.717) is 6.42 Å². The molecule has 0 amide bonds. The second-order valence-corrected chi connectivity index (χ2v) is 3.34. The first-order valence-corrected chi connectivity index (χ1v) is 5.06. The topological polar surface area (TPSA) is 55.5 Å². The third-order valence-corrected chi connectivity index (χ3v) is 2.14. The van der Waals surface area contributed by atoms with Gasteiger partial charge in [-0.15, -0.1) is 0 Å². The normalized spacial score (nSPS) is 12.8. The SMILES string of the molecule is NCC(OCCCO)c1cc(F)ccc1F. The molecule has 3 nitrogen and oxygen atoms in total. The van der Waals surface area contributed by atoms with Crippen LogP contribution in [0.15, 0.2) is 18.2 Å². The summed E-state index contributed by atoms with van der Waals surface area (Å²) in [4.78, 5) is 0. The van der Waals surface area contributed by atoms with Crippen LogP contribution in [-0.4, -0.2) is 24.9 Å². The Morgan fingerprint density at radius 2 is 2.12 bits per heavy atom. The van der Waals surface area contributed by atoms with Gasteiger partial charge in [-0.05, 0) is 24.6 Å². The van der Waals surface area contributed by atoms with Crippen LogP contribution in [0, 0.1) is 11.6 Å². The third-order valence-electron chi connectivity index (χ3n) is 2.14. The van der Waals surface area contributed by atoms with Crippen molar-refractivity contribution in [3.63, 3.8) is 0 Å². The van der Waals surface area contributed by atoms with Gasteiger partial charge in [0.1, 0.15) is 11.6 Å². The Morgan fingerprint density at radius 1 is 1.38 bits per heavy atom. The standard InChI is InChI=1S/C11H15F2NO2/c12-8-2-3-10(13)9(6-8)11(7-14)16-5-1-4-15/h2-3,6,11,15H,1,4-5,7,14H2. The monoisotopic (exact) mass is 231 g/mol. The molecule has 0 aliphatic rings. The summed E-state index contributed by atoms with van der Waals surface area (Å²) < 4.78 is 31.6. The van der Waals surface area contributed by atoms with Gasteiger partial charge in [-0.1, -0.05) is 0 Å². The quantitative estimate of drug-likeness (QED) is 0.727. The van der Waals surface area contributed by atoms with Crippen LogP contribution >= 0.6 is 0 Å². The molecule has 1 atom stereocenters. The maximum absolute atomic E-state index is 13.4. The van der Waals surface area contributed by atoms with Crippen molar-refractivity contribution in [2.75, 3.05) is 19.8 Å². The first-order chi connectivity index (χ1) is 7.69. The second-order valence-electron chi connectivity index (χ2n) is 3.34. The Bertz CT molecular complexity index is 334. The van der Waals surface area contributed by atoms with Crippen molar-refractivity contribution in [1.29, 1.82) is 0 Å². The molecular formula is C11H15F2NO2. The summed E-state index contributed by atoms with van der Waals surface area (Å²) in [7, 11) is 0. The highest BCUT2D eigenvalue weighted by Crippen LogP contribution is 2.20. The number of nitrogens with two attached hydrogens (primary N) is 1. The van der Waals surface area contributed by atoms with E-state index in [1.807, 2.05) is 0 Å². The minimum Gasteiger partial charge on any atom is -0.396 e. The zero-order valence-electron chi connectivity index (χ0n) is 8.83. The summed E-state index contributed by atoms with van der Waals surface area (Å²) in [6.45, 7) is 0.309. The fourth-order valence-electron chi connectivity index (χ4n) is 1.34. The highest BCUT2D eigenvalue weighted by atomic mass is 19.1. The van der Waals surface area contributed by atoms with E-state index in [1.165, 1.54) is 0 Å². The van der Waals surface area contributed by atoms with Gasteiger partial charge in [0.25, 0.3) is 0 Å². The molecule has 1 aromatic carbocycles. The van der Waals surface area contributed by atoms with Gasteiger partial charge in [0, 0.05) is 25.3 Å². The Hall–Kier alpha value is -1.04. The van der Waals surface area contributed by atoms with Crippen LogP contribution in [0.4, 0.5) is 8.78 Å². The van der Waals surface area contributed by atoms with E-state index in [-0.39, 0.29) is 25.3 Å². The Kier molecular flexibility index (Phi) is 5.31. The van der Waals surface area contributed by atoms with Gasteiger partial charge in [0.2, 0.25) is 0 Å². The van der Waals surface area contributed by atoms with Gasteiger partial charge in [0.15, 0.2) is 0 Å². The number of aliphatic hydroxyl groups excluding tert-OH is 1. The Morgan fingerprint density at radius 3 is 2.75 bits per heavy atom. The summed E-state index contributed by atoms with van der Waals surface area (Å²) in [6, 6.07) is 3.16. The second kappa shape index (κ2) is 6.52. The molecule has 1 unspecified atom stereocenters. The maximum atomic E-state index is 13.4. The van der Waals surface area contributed by atoms with Crippen molar-refractivity contribution in [2.24, 2.45) is 5.73 Å². The average molecular weight is 231 g/mol. The van der Waals surface area contributed by atoms with Crippen LogP contribution in [-0.2, 0) is 4.74 Å². The Balaban J connectivity index is 2.73. The van der Waals surface area contributed by atoms with Crippen LogP contribution in [0.5, 0.6) is 0 Å². The number of hydrogen-bond donors (Lipinski definition) is 2. The van der Waals surface area contributed by atoms with Gasteiger partial charge in [0.05, 0.1) is 6.10 Å². The maximum Gasteiger partial charge on any atom is 0.129 e. The molecule has 0 aromatic heterocycles. The number of rotatable bonds is 6. The fourth-order valence-corrected chi connectivity index (χ4v) is 1.34. The predicted molar refractivity (Wildman–Crippen MR) is 55.8 cm³/mol. The molecule has 1 aromatic rings. The van der Waals surface area contributed by atoms with E-state index in [2.05, 4.69) is 0 Å². The van der Waals surface area contributed by atoms with Crippen molar-refractivity contribution in [1.82, 2.24) is 0 Å². The molecule has 0 aliphatic heterocycles. The predicted octanol–water partition coefficient (Wildman–Crippen LogP) is 1.36. The fraction of sp³-hybridized carbons (Fsp3) is 0.455. The molecule has 0 saturated heterocycles. The molecule has 1 rings (SSSR count). The van der Waals surface area contributed by atoms with Gasteiger partial charge in [-0.3, -0.25) is 0 Å². The number of hydrogen-bond acceptors (Lipinski definition) is 3. The smallest absolute Gasteiger partial charge is 0.129 e. The summed E-state index contributed by atoms with van der Waals surface area (Å²) in [5, 5.41) is 8.58. The van der Waals surface area contributed by atoms with Crippen molar-refractivity contribution in [3.05, 3.63) is 35.4 Å². The van der Waals surface area contributed by atoms with Crippen LogP contribution in [0.3, 0.4) is 0 Å². The van der Waals surface area contributed by atoms with Gasteiger partial charge >= 0.3 is 0 Å². The lowest BCUT2D eigenvalue weighted by molar-refractivity contribution is 0.0465. The summed E-state index contributed by atoms with van der Waals surface area (Å²) in [5.74, 6) is -1.07. The Labute approximate surface area is 92.8 Å². The van der Waals surface area contributed by atoms with Crippen LogP contribution in [0.2, 0.25) is 0 Å². The van der Waals surface area contributed by atoms with Crippen molar-refractivity contribution < 1.29 is 18.6 Å². The van der Waals surface area contributed by atoms with Crippen molar-refractivity contribution in [3.8, 4) is 0 Å². The molecular weight excluding hydrogens is 216 g/mol. The highest BCUT2D eigenvalue weighted by molar-refractivity contribution is 5.21. The lowest BCUT2D eigenvalue weighted by atomic mass is 10.1. The number of aliphatic hydroxyl groups is 1. The first-order valence-electron chi connectivity index (χ1n) is 5.06. The lowest BCUT2D eigenvalue weighted by Gasteiger charge is -2.16. The lowest BCUT2D eigenvalue weighted by Crippen LogP contribution is -2.18. The van der Waals surface area contributed by atoms with Crippen LogP contribution in [0.1, 0.15) is 18.1 Å². The van der Waals surface area contributed by atoms with Gasteiger partial charge in [-0.2, -0.15) is 0 Å². The third kappa shape index (κ3) is 3.52. The molecule has 0 aliphatic carbocycles. The zero-order valence-corrected chi connectivity index (χ0v) is 8.83. The summed E-state index contributed by atoms with van der Waals surface area (Å²) in [6.07, 6.45) is -0.241. The molecule has 0 fully saturated rings. The molecule has 3 N–H and O–H groups in total. The zero-order chi connectivity index (χ0) is 12.0. The molecule has 16 heavy (non-hydrogen) atoms. The molecule has 90 valence electrons. The molecule has 0 spiro atoms. The largest absolute Gasteiger partial charge is 0.396 e. The number of ether oxygens (including phenoxy) is 1.